The van der Waals surface area contributed by atoms with Crippen molar-refractivity contribution in [3.05, 3.63) is 29.3 Å². The number of nitrogens with zero attached hydrogens (tertiary/aromatic N) is 1. The highest BCUT2D eigenvalue weighted by Gasteiger charge is 2.11. The molecule has 1 amide bonds. The van der Waals surface area contributed by atoms with Crippen LogP contribution in [0.5, 0.6) is 11.5 Å². The molecule has 24 heavy (non-hydrogen) atoms. The molecular formula is C17H23N3O3S. The Kier molecular flexibility index (Phi) is 6.43. The summed E-state index contributed by atoms with van der Waals surface area (Å²) in [6.45, 7) is 4.91. The molecule has 1 aromatic carbocycles. The van der Waals surface area contributed by atoms with Gasteiger partial charge < -0.3 is 20.1 Å². The highest BCUT2D eigenvalue weighted by Crippen LogP contribution is 2.31. The van der Waals surface area contributed by atoms with Crippen LogP contribution in [-0.4, -0.2) is 31.7 Å². The van der Waals surface area contributed by atoms with Crippen molar-refractivity contribution in [1.29, 1.82) is 0 Å². The minimum Gasteiger partial charge on any atom is -0.493 e. The van der Waals surface area contributed by atoms with E-state index >= 15 is 0 Å². The van der Waals surface area contributed by atoms with Crippen molar-refractivity contribution in [2.75, 3.05) is 26.1 Å². The summed E-state index contributed by atoms with van der Waals surface area (Å²) < 4.78 is 10.5. The van der Waals surface area contributed by atoms with Gasteiger partial charge in [-0.25, -0.2) is 4.98 Å². The van der Waals surface area contributed by atoms with Gasteiger partial charge in [0.2, 0.25) is 0 Å². The average molecular weight is 349 g/mol. The van der Waals surface area contributed by atoms with E-state index in [9.17, 15) is 4.79 Å². The zero-order valence-corrected chi connectivity index (χ0v) is 15.2. The number of carbonyl (C=O) groups is 1. The van der Waals surface area contributed by atoms with Gasteiger partial charge in [-0.1, -0.05) is 13.8 Å². The predicted octanol–water partition coefficient (Wildman–Crippen LogP) is 3.68. The number of rotatable bonds is 8. The van der Waals surface area contributed by atoms with Crippen LogP contribution in [0.3, 0.4) is 0 Å². The van der Waals surface area contributed by atoms with Crippen LogP contribution < -0.4 is 20.1 Å². The number of ether oxygens (including phenoxy) is 2. The molecule has 1 heterocycles. The molecule has 0 saturated heterocycles. The first kappa shape index (κ1) is 18.1. The summed E-state index contributed by atoms with van der Waals surface area (Å²) in [6, 6.07) is 5.50. The largest absolute Gasteiger partial charge is 0.493 e. The standard InChI is InChI=1S/C17H23N3O3S/c1-11(2)7-8-18-16(21)13-10-24-17(20-13)19-12-5-6-14(22-3)15(9-12)23-4/h5-6,9-11H,7-8H2,1-4H3,(H,18,21)(H,19,20). The van der Waals surface area contributed by atoms with Crippen LogP contribution in [0.15, 0.2) is 23.6 Å². The Labute approximate surface area is 146 Å². The quantitative estimate of drug-likeness (QED) is 0.760. The number of carbonyl (C=O) groups excluding carboxylic acids is 1. The fourth-order valence-corrected chi connectivity index (χ4v) is 2.75. The number of benzene rings is 1. The molecule has 6 nitrogen and oxygen atoms in total. The first-order valence-electron chi connectivity index (χ1n) is 7.76. The van der Waals surface area contributed by atoms with Gasteiger partial charge in [0, 0.05) is 23.7 Å². The molecule has 130 valence electrons. The normalized spacial score (nSPS) is 10.5. The lowest BCUT2D eigenvalue weighted by atomic mass is 10.1. The third kappa shape index (κ3) is 4.86. The van der Waals surface area contributed by atoms with Crippen LogP contribution >= 0.6 is 11.3 Å². The number of anilines is 2. The van der Waals surface area contributed by atoms with Crippen LogP contribution in [0, 0.1) is 5.92 Å². The number of nitrogens with one attached hydrogen (secondary N) is 2. The first-order chi connectivity index (χ1) is 11.5. The zero-order chi connectivity index (χ0) is 17.5. The number of thiazole rings is 1. The second-order valence-electron chi connectivity index (χ2n) is 5.67. The molecule has 0 aliphatic heterocycles. The Morgan fingerprint density at radius 2 is 2.00 bits per heavy atom. The van der Waals surface area contributed by atoms with Gasteiger partial charge in [-0.3, -0.25) is 4.79 Å². The molecule has 0 aliphatic carbocycles. The fraction of sp³-hybridized carbons (Fsp3) is 0.412. The van der Waals surface area contributed by atoms with Gasteiger partial charge in [-0.05, 0) is 24.5 Å². The van der Waals surface area contributed by atoms with E-state index in [0.717, 1.165) is 12.1 Å². The molecule has 1 aromatic heterocycles. The van der Waals surface area contributed by atoms with E-state index in [2.05, 4.69) is 29.5 Å². The van der Waals surface area contributed by atoms with Crippen LogP contribution in [0.25, 0.3) is 0 Å². The number of amides is 1. The van der Waals surface area contributed by atoms with E-state index in [1.807, 2.05) is 18.2 Å². The van der Waals surface area contributed by atoms with Crippen molar-refractivity contribution in [3.63, 3.8) is 0 Å². The van der Waals surface area contributed by atoms with E-state index < -0.39 is 0 Å². The summed E-state index contributed by atoms with van der Waals surface area (Å²) in [5, 5.41) is 8.45. The molecule has 0 atom stereocenters. The Balaban J connectivity index is 1.99. The van der Waals surface area contributed by atoms with Crippen LogP contribution in [0.2, 0.25) is 0 Å². The zero-order valence-electron chi connectivity index (χ0n) is 14.4. The molecule has 0 saturated carbocycles. The van der Waals surface area contributed by atoms with Crippen LogP contribution in [0.1, 0.15) is 30.8 Å². The maximum absolute atomic E-state index is 12.0. The third-order valence-electron chi connectivity index (χ3n) is 3.38. The third-order valence-corrected chi connectivity index (χ3v) is 4.14. The lowest BCUT2D eigenvalue weighted by molar-refractivity contribution is 0.0948. The minimum atomic E-state index is -0.146. The molecule has 2 rings (SSSR count). The van der Waals surface area contributed by atoms with Crippen molar-refractivity contribution in [2.24, 2.45) is 5.92 Å². The highest BCUT2D eigenvalue weighted by atomic mass is 32.1. The molecule has 2 aromatic rings. The molecule has 0 radical (unpaired) electrons. The summed E-state index contributed by atoms with van der Waals surface area (Å²) in [5.41, 5.74) is 1.24. The lowest BCUT2D eigenvalue weighted by Crippen LogP contribution is -2.25. The minimum absolute atomic E-state index is 0.146. The fourth-order valence-electron chi connectivity index (χ4n) is 2.04. The van der Waals surface area contributed by atoms with Gasteiger partial charge in [0.1, 0.15) is 5.69 Å². The van der Waals surface area contributed by atoms with E-state index in [-0.39, 0.29) is 5.91 Å². The van der Waals surface area contributed by atoms with Gasteiger partial charge in [-0.2, -0.15) is 0 Å². The highest BCUT2D eigenvalue weighted by molar-refractivity contribution is 7.14. The maximum atomic E-state index is 12.0. The van der Waals surface area contributed by atoms with Crippen molar-refractivity contribution in [3.8, 4) is 11.5 Å². The van der Waals surface area contributed by atoms with Gasteiger partial charge in [-0.15, -0.1) is 11.3 Å². The molecule has 0 bridgehead atoms. The molecule has 2 N–H and O–H groups in total. The summed E-state index contributed by atoms with van der Waals surface area (Å²) in [4.78, 5) is 16.4. The molecule has 0 unspecified atom stereocenters. The van der Waals surface area contributed by atoms with Crippen molar-refractivity contribution < 1.29 is 14.3 Å². The average Bonchev–Trinajstić information content (AvgIpc) is 3.02. The monoisotopic (exact) mass is 349 g/mol. The van der Waals surface area contributed by atoms with Gasteiger partial charge in [0.05, 0.1) is 14.2 Å². The van der Waals surface area contributed by atoms with Crippen molar-refractivity contribution in [1.82, 2.24) is 10.3 Å². The van der Waals surface area contributed by atoms with Crippen molar-refractivity contribution in [2.45, 2.75) is 20.3 Å². The predicted molar refractivity (Wildman–Crippen MR) is 96.7 cm³/mol. The van der Waals surface area contributed by atoms with Crippen LogP contribution in [-0.2, 0) is 0 Å². The van der Waals surface area contributed by atoms with Gasteiger partial charge in [0.15, 0.2) is 16.6 Å². The SMILES string of the molecule is COc1ccc(Nc2nc(C(=O)NCCC(C)C)cs2)cc1OC. The van der Waals surface area contributed by atoms with E-state index in [1.54, 1.807) is 19.6 Å². The molecular weight excluding hydrogens is 326 g/mol. The Bertz CT molecular complexity index is 685. The Morgan fingerprint density at radius 1 is 1.25 bits per heavy atom. The van der Waals surface area contributed by atoms with E-state index in [0.29, 0.717) is 34.8 Å². The Morgan fingerprint density at radius 3 is 2.67 bits per heavy atom. The van der Waals surface area contributed by atoms with Crippen LogP contribution in [0.4, 0.5) is 10.8 Å². The molecule has 0 aliphatic rings. The topological polar surface area (TPSA) is 72.5 Å². The second-order valence-corrected chi connectivity index (χ2v) is 6.53. The number of aromatic nitrogens is 1. The van der Waals surface area contributed by atoms with E-state index in [4.69, 9.17) is 9.47 Å². The molecule has 7 heteroatoms. The molecule has 0 spiro atoms. The summed E-state index contributed by atoms with van der Waals surface area (Å²) in [6.07, 6.45) is 0.951. The Hall–Kier alpha value is -2.28. The van der Waals surface area contributed by atoms with Gasteiger partial charge >= 0.3 is 0 Å². The smallest absolute Gasteiger partial charge is 0.270 e. The molecule has 0 fully saturated rings. The van der Waals surface area contributed by atoms with Crippen molar-refractivity contribution >= 4 is 28.1 Å². The first-order valence-corrected chi connectivity index (χ1v) is 8.64. The second kappa shape index (κ2) is 8.54. The lowest BCUT2D eigenvalue weighted by Gasteiger charge is -2.09. The van der Waals surface area contributed by atoms with Gasteiger partial charge in [0.25, 0.3) is 5.91 Å². The summed E-state index contributed by atoms with van der Waals surface area (Å²) >= 11 is 1.38. The summed E-state index contributed by atoms with van der Waals surface area (Å²) in [5.74, 6) is 1.70. The number of methoxy groups -OCH3 is 2. The van der Waals surface area contributed by atoms with E-state index in [1.165, 1.54) is 11.3 Å². The maximum Gasteiger partial charge on any atom is 0.270 e. The number of hydrogen-bond acceptors (Lipinski definition) is 6. The number of hydrogen-bond donors (Lipinski definition) is 2. The summed E-state index contributed by atoms with van der Waals surface area (Å²) in [7, 11) is 3.18.